The first-order valence-corrected chi connectivity index (χ1v) is 14.2. The molecule has 2 heterocycles. The van der Waals surface area contributed by atoms with Crippen LogP contribution in [0.4, 0.5) is 10.1 Å². The normalized spacial score (nSPS) is 12.2. The van der Waals surface area contributed by atoms with Gasteiger partial charge >= 0.3 is 5.97 Å². The van der Waals surface area contributed by atoms with Crippen LogP contribution in [-0.4, -0.2) is 39.2 Å². The number of nitrogens with zero attached hydrogens (tertiary/aromatic N) is 1. The van der Waals surface area contributed by atoms with Crippen molar-refractivity contribution in [2.45, 2.75) is 16.0 Å². The smallest absolute Gasteiger partial charge is 0.355 e. The molecule has 0 atom stereocenters. The molecule has 4 aromatic rings. The number of hydrogen-bond donors (Lipinski definition) is 2. The quantitative estimate of drug-likeness (QED) is 0.381. The molecule has 0 bridgehead atoms. The second kappa shape index (κ2) is 8.17. The van der Waals surface area contributed by atoms with Crippen LogP contribution in [-0.2, 0) is 19.9 Å². The van der Waals surface area contributed by atoms with Gasteiger partial charge in [0.25, 0.3) is 10.0 Å². The largest absolute Gasteiger partial charge is 0.476 e. The fourth-order valence-electron chi connectivity index (χ4n) is 3.17. The second-order valence-electron chi connectivity index (χ2n) is 7.09. The highest BCUT2D eigenvalue weighted by molar-refractivity contribution is 7.95. The summed E-state index contributed by atoms with van der Waals surface area (Å²) in [5.41, 5.74) is 0.324. The van der Waals surface area contributed by atoms with Gasteiger partial charge in [0.05, 0.1) is 10.6 Å². The first-order chi connectivity index (χ1) is 15.4. The number of aromatic carboxylic acids is 1. The highest BCUT2D eigenvalue weighted by Gasteiger charge is 2.25. The lowest BCUT2D eigenvalue weighted by molar-refractivity contribution is 0.0691. The third-order valence-electron chi connectivity index (χ3n) is 4.69. The van der Waals surface area contributed by atoms with Crippen LogP contribution in [0.15, 0.2) is 50.9 Å². The minimum Gasteiger partial charge on any atom is -0.476 e. The number of carboxylic acids is 1. The van der Waals surface area contributed by atoms with Crippen molar-refractivity contribution in [2.24, 2.45) is 0 Å². The van der Waals surface area contributed by atoms with E-state index in [-0.39, 0.29) is 25.5 Å². The van der Waals surface area contributed by atoms with Crippen LogP contribution in [0, 0.1) is 12.7 Å². The number of nitrogens with one attached hydrogen (secondary N) is 1. The van der Waals surface area contributed by atoms with Gasteiger partial charge in [0, 0.05) is 21.9 Å². The van der Waals surface area contributed by atoms with Gasteiger partial charge in [0.1, 0.15) is 15.0 Å². The van der Waals surface area contributed by atoms with Gasteiger partial charge in [-0.3, -0.25) is 4.72 Å². The molecule has 2 aromatic heterocycles. The van der Waals surface area contributed by atoms with Crippen molar-refractivity contribution in [1.82, 2.24) is 4.98 Å². The number of halogens is 1. The Hall–Kier alpha value is -2.87. The number of thiazole rings is 1. The Morgan fingerprint density at radius 3 is 2.48 bits per heavy atom. The summed E-state index contributed by atoms with van der Waals surface area (Å²) in [6.07, 6.45) is 0.932. The molecule has 0 aliphatic rings. The van der Waals surface area contributed by atoms with Crippen molar-refractivity contribution in [3.05, 3.63) is 58.9 Å². The zero-order valence-corrected chi connectivity index (χ0v) is 20.3. The lowest BCUT2D eigenvalue weighted by Gasteiger charge is -2.12. The van der Waals surface area contributed by atoms with Crippen LogP contribution in [0.1, 0.15) is 16.1 Å². The number of benzene rings is 2. The number of aryl methyl sites for hydroxylation is 1. The molecular formula is C20H15FN2O6S4. The van der Waals surface area contributed by atoms with Gasteiger partial charge in [-0.1, -0.05) is 0 Å². The van der Waals surface area contributed by atoms with Crippen molar-refractivity contribution in [1.29, 1.82) is 0 Å². The van der Waals surface area contributed by atoms with Gasteiger partial charge in [-0.05, 0) is 54.3 Å². The summed E-state index contributed by atoms with van der Waals surface area (Å²) in [5, 5.41) is 11.1. The first-order valence-electron chi connectivity index (χ1n) is 9.11. The molecule has 0 fully saturated rings. The molecule has 4 rings (SSSR count). The number of thiophene rings is 1. The molecule has 13 heteroatoms. The van der Waals surface area contributed by atoms with E-state index in [1.807, 2.05) is 0 Å². The van der Waals surface area contributed by atoms with E-state index >= 15 is 0 Å². The van der Waals surface area contributed by atoms with Crippen LogP contribution >= 0.6 is 22.7 Å². The summed E-state index contributed by atoms with van der Waals surface area (Å²) in [7, 11) is -8.08. The lowest BCUT2D eigenvalue weighted by atomic mass is 10.2. The standard InChI is InChI=1S/C20H15FN2O6S4/c1-10-13-8-12(21)4-6-16(13)31-20(10)33(28,29)23-14-5-3-11(7-17(14)32(2,26)27)18-22-15(9-30-18)19(24)25/h3-9,23H,1-2H3,(H,24,25). The average molecular weight is 527 g/mol. The fraction of sp³-hybridized carbons (Fsp3) is 0.100. The summed E-state index contributed by atoms with van der Waals surface area (Å²) in [4.78, 5) is 14.7. The van der Waals surface area contributed by atoms with Crippen LogP contribution in [0.3, 0.4) is 0 Å². The predicted octanol–water partition coefficient (Wildman–Crippen LogP) is 4.37. The molecule has 0 saturated heterocycles. The monoisotopic (exact) mass is 526 g/mol. The van der Waals surface area contributed by atoms with Crippen molar-refractivity contribution in [3.63, 3.8) is 0 Å². The van der Waals surface area contributed by atoms with Crippen molar-refractivity contribution < 1.29 is 31.1 Å². The number of fused-ring (bicyclic) bond motifs is 1. The number of sulfonamides is 1. The number of aromatic nitrogens is 1. The Morgan fingerprint density at radius 1 is 1.12 bits per heavy atom. The Labute approximate surface area is 196 Å². The predicted molar refractivity (Wildman–Crippen MR) is 125 cm³/mol. The number of carbonyl (C=O) groups is 1. The summed E-state index contributed by atoms with van der Waals surface area (Å²) in [6, 6.07) is 7.94. The molecule has 33 heavy (non-hydrogen) atoms. The van der Waals surface area contributed by atoms with Crippen LogP contribution in [0.25, 0.3) is 20.7 Å². The van der Waals surface area contributed by atoms with Crippen molar-refractivity contribution >= 4 is 64.3 Å². The van der Waals surface area contributed by atoms with Crippen LogP contribution in [0.2, 0.25) is 0 Å². The van der Waals surface area contributed by atoms with E-state index in [0.717, 1.165) is 28.9 Å². The highest BCUT2D eigenvalue weighted by Crippen LogP contribution is 2.37. The maximum absolute atomic E-state index is 13.6. The number of carboxylic acid groups (broad SMARTS) is 1. The van der Waals surface area contributed by atoms with Crippen molar-refractivity contribution in [3.8, 4) is 10.6 Å². The van der Waals surface area contributed by atoms with E-state index in [2.05, 4.69) is 9.71 Å². The molecule has 8 nitrogen and oxygen atoms in total. The zero-order chi connectivity index (χ0) is 24.1. The lowest BCUT2D eigenvalue weighted by Crippen LogP contribution is -2.15. The van der Waals surface area contributed by atoms with E-state index in [1.165, 1.54) is 41.8 Å². The maximum atomic E-state index is 13.6. The molecule has 0 amide bonds. The Balaban J connectivity index is 1.78. The third kappa shape index (κ3) is 4.49. The number of anilines is 1. The van der Waals surface area contributed by atoms with E-state index in [0.29, 0.717) is 21.2 Å². The summed E-state index contributed by atoms with van der Waals surface area (Å²) in [5.74, 6) is -1.72. The topological polar surface area (TPSA) is 130 Å². The summed E-state index contributed by atoms with van der Waals surface area (Å²) >= 11 is 1.96. The molecule has 0 spiro atoms. The van der Waals surface area contributed by atoms with E-state index in [9.17, 15) is 26.0 Å². The van der Waals surface area contributed by atoms with E-state index in [4.69, 9.17) is 5.11 Å². The van der Waals surface area contributed by atoms with Crippen LogP contribution in [0.5, 0.6) is 0 Å². The Kier molecular flexibility index (Phi) is 5.76. The first kappa shape index (κ1) is 23.3. The summed E-state index contributed by atoms with van der Waals surface area (Å²) in [6.45, 7) is 1.55. The van der Waals surface area contributed by atoms with E-state index < -0.39 is 31.6 Å². The zero-order valence-electron chi connectivity index (χ0n) is 17.0. The molecule has 2 aromatic carbocycles. The Morgan fingerprint density at radius 2 is 1.85 bits per heavy atom. The SMILES string of the molecule is Cc1c(S(=O)(=O)Nc2ccc(-c3nc(C(=O)O)cs3)cc2S(C)(=O)=O)sc2ccc(F)cc12. The van der Waals surface area contributed by atoms with Crippen LogP contribution < -0.4 is 4.72 Å². The molecule has 0 aliphatic heterocycles. The summed E-state index contributed by atoms with van der Waals surface area (Å²) < 4.78 is 67.6. The average Bonchev–Trinajstić information content (AvgIpc) is 3.33. The molecule has 0 radical (unpaired) electrons. The minimum absolute atomic E-state index is 0.0577. The number of sulfone groups is 1. The molecule has 172 valence electrons. The number of rotatable bonds is 6. The molecule has 2 N–H and O–H groups in total. The highest BCUT2D eigenvalue weighted by atomic mass is 32.2. The Bertz CT molecular complexity index is 1640. The number of hydrogen-bond acceptors (Lipinski definition) is 8. The maximum Gasteiger partial charge on any atom is 0.355 e. The second-order valence-corrected chi connectivity index (χ2v) is 12.9. The fourth-order valence-corrected chi connectivity index (χ4v) is 7.71. The minimum atomic E-state index is -4.20. The molecule has 0 unspecified atom stereocenters. The van der Waals surface area contributed by atoms with Gasteiger partial charge < -0.3 is 5.11 Å². The molecule has 0 saturated carbocycles. The van der Waals surface area contributed by atoms with Gasteiger partial charge in [0.15, 0.2) is 15.5 Å². The van der Waals surface area contributed by atoms with E-state index in [1.54, 1.807) is 6.92 Å². The van der Waals surface area contributed by atoms with Gasteiger partial charge in [0.2, 0.25) is 0 Å². The van der Waals surface area contributed by atoms with Gasteiger partial charge in [-0.25, -0.2) is 31.0 Å². The van der Waals surface area contributed by atoms with Crippen molar-refractivity contribution in [2.75, 3.05) is 11.0 Å². The van der Waals surface area contributed by atoms with Gasteiger partial charge in [-0.2, -0.15) is 0 Å². The van der Waals surface area contributed by atoms with Gasteiger partial charge in [-0.15, -0.1) is 22.7 Å². The third-order valence-corrected chi connectivity index (χ3v) is 9.98. The molecular weight excluding hydrogens is 511 g/mol. The molecule has 0 aliphatic carbocycles.